The van der Waals surface area contributed by atoms with Crippen molar-refractivity contribution in [1.29, 1.82) is 0 Å². The zero-order valence-electron chi connectivity index (χ0n) is 9.91. The second-order valence-corrected chi connectivity index (χ2v) is 7.03. The van der Waals surface area contributed by atoms with E-state index < -0.39 is 0 Å². The molecule has 2 atom stereocenters. The van der Waals surface area contributed by atoms with Crippen molar-refractivity contribution < 1.29 is 4.74 Å². The Morgan fingerprint density at radius 2 is 1.93 bits per heavy atom. The Hall–Kier alpha value is 0.180. The molecule has 1 saturated heterocycles. The second kappa shape index (κ2) is 6.05. The fourth-order valence-corrected chi connectivity index (χ4v) is 5.62. The van der Waals surface area contributed by atoms with Gasteiger partial charge in [-0.3, -0.25) is 0 Å². The summed E-state index contributed by atoms with van der Waals surface area (Å²) in [5, 5.41) is 3.52. The molecule has 2 heteroatoms. The average molecular weight is 228 g/mol. The summed E-state index contributed by atoms with van der Waals surface area (Å²) in [5.74, 6) is 0. The van der Waals surface area contributed by atoms with Crippen LogP contribution in [0, 0.1) is 0 Å². The van der Waals surface area contributed by atoms with Gasteiger partial charge in [-0.2, -0.15) is 10.5 Å². The van der Waals surface area contributed by atoms with E-state index in [1.165, 1.54) is 51.4 Å². The maximum absolute atomic E-state index is 5.90. The molecule has 0 spiro atoms. The summed E-state index contributed by atoms with van der Waals surface area (Å²) in [4.78, 5) is 0. The maximum atomic E-state index is 5.90. The van der Waals surface area contributed by atoms with Crippen molar-refractivity contribution >= 4 is 15.9 Å². The van der Waals surface area contributed by atoms with Crippen LogP contribution in [0.25, 0.3) is 0 Å². The van der Waals surface area contributed by atoms with Gasteiger partial charge in [0.05, 0.1) is 5.44 Å². The van der Waals surface area contributed by atoms with Gasteiger partial charge in [0.25, 0.3) is 0 Å². The fraction of sp³-hybridized carbons (Fsp3) is 0.923. The summed E-state index contributed by atoms with van der Waals surface area (Å²) in [7, 11) is 0.467. The lowest BCUT2D eigenvalue weighted by Gasteiger charge is -2.29. The molecule has 15 heavy (non-hydrogen) atoms. The van der Waals surface area contributed by atoms with Gasteiger partial charge in [-0.15, -0.1) is 0 Å². The Balaban J connectivity index is 2.00. The average Bonchev–Trinajstić information content (AvgIpc) is 2.80. The highest BCUT2D eigenvalue weighted by Crippen LogP contribution is 2.40. The van der Waals surface area contributed by atoms with Crippen LogP contribution in [0.3, 0.4) is 0 Å². The number of ether oxygens (including phenoxy) is 1. The smallest absolute Gasteiger partial charge is 0.0981 e. The first-order valence-electron chi connectivity index (χ1n) is 6.57. The Kier molecular flexibility index (Phi) is 4.70. The topological polar surface area (TPSA) is 9.23 Å². The zero-order valence-corrected chi connectivity index (χ0v) is 10.7. The predicted octanol–water partition coefficient (Wildman–Crippen LogP) is 3.94. The highest BCUT2D eigenvalue weighted by molar-refractivity contribution is 8.15. The van der Waals surface area contributed by atoms with Crippen molar-refractivity contribution in [2.45, 2.75) is 69.0 Å². The molecule has 0 amide bonds. The number of hydrogen-bond donors (Lipinski definition) is 0. The first-order valence-corrected chi connectivity index (χ1v) is 7.99. The van der Waals surface area contributed by atoms with Gasteiger partial charge < -0.3 is 4.74 Å². The van der Waals surface area contributed by atoms with Crippen LogP contribution in [0.15, 0.2) is 0 Å². The molecule has 2 aliphatic rings. The summed E-state index contributed by atoms with van der Waals surface area (Å²) in [6.45, 7) is 3.29. The van der Waals surface area contributed by atoms with Gasteiger partial charge in [0, 0.05) is 11.9 Å². The van der Waals surface area contributed by atoms with E-state index in [1.54, 1.807) is 0 Å². The molecule has 0 aromatic heterocycles. The van der Waals surface area contributed by atoms with E-state index in [0.29, 0.717) is 15.9 Å². The van der Waals surface area contributed by atoms with Gasteiger partial charge in [0.15, 0.2) is 0 Å². The lowest BCUT2D eigenvalue weighted by Crippen LogP contribution is -2.17. The number of rotatable bonds is 3. The Morgan fingerprint density at radius 1 is 1.13 bits per heavy atom. The lowest BCUT2D eigenvalue weighted by atomic mass is 10.0. The van der Waals surface area contributed by atoms with E-state index in [2.05, 4.69) is 12.3 Å². The highest BCUT2D eigenvalue weighted by Gasteiger charge is 2.25. The van der Waals surface area contributed by atoms with Crippen molar-refractivity contribution in [1.82, 2.24) is 0 Å². The molecule has 2 fully saturated rings. The standard InChI is InChI=1S/C13H24OS/c1-2-11-15(13-9-6-10-14-13)12-7-4-3-5-8-12/h11-13H,2-10H2,1H3. The summed E-state index contributed by atoms with van der Waals surface area (Å²) in [6.07, 6.45) is 11.1. The second-order valence-electron chi connectivity index (χ2n) is 4.69. The minimum absolute atomic E-state index is 0.467. The molecular formula is C13H24OS. The quantitative estimate of drug-likeness (QED) is 0.665. The first kappa shape index (κ1) is 11.7. The molecule has 0 aromatic rings. The summed E-state index contributed by atoms with van der Waals surface area (Å²) < 4.78 is 5.90. The molecule has 0 bridgehead atoms. The predicted molar refractivity (Wildman–Crippen MR) is 69.8 cm³/mol. The van der Waals surface area contributed by atoms with E-state index in [9.17, 15) is 0 Å². The van der Waals surface area contributed by atoms with Gasteiger partial charge in [0.1, 0.15) is 0 Å². The van der Waals surface area contributed by atoms with Crippen LogP contribution in [0.1, 0.15) is 58.3 Å². The minimum atomic E-state index is 0.467. The molecule has 1 aliphatic heterocycles. The van der Waals surface area contributed by atoms with Crippen LogP contribution in [-0.4, -0.2) is 22.7 Å². The van der Waals surface area contributed by atoms with Gasteiger partial charge in [0.2, 0.25) is 0 Å². The maximum Gasteiger partial charge on any atom is 0.0981 e. The van der Waals surface area contributed by atoms with Crippen LogP contribution < -0.4 is 0 Å². The van der Waals surface area contributed by atoms with Crippen LogP contribution >= 0.6 is 10.5 Å². The third kappa shape index (κ3) is 3.07. The molecule has 1 aliphatic carbocycles. The highest BCUT2D eigenvalue weighted by atomic mass is 32.2. The van der Waals surface area contributed by atoms with Gasteiger partial charge in [-0.05, 0) is 32.1 Å². The van der Waals surface area contributed by atoms with Crippen LogP contribution in [0.2, 0.25) is 0 Å². The normalized spacial score (nSPS) is 30.9. The fourth-order valence-electron chi connectivity index (χ4n) is 2.75. The zero-order chi connectivity index (χ0) is 10.5. The number of hydrogen-bond acceptors (Lipinski definition) is 1. The summed E-state index contributed by atoms with van der Waals surface area (Å²) in [5.41, 5.74) is 0.591. The summed E-state index contributed by atoms with van der Waals surface area (Å²) >= 11 is 0. The molecule has 1 heterocycles. The van der Waals surface area contributed by atoms with E-state index in [4.69, 9.17) is 4.74 Å². The van der Waals surface area contributed by atoms with E-state index >= 15 is 0 Å². The van der Waals surface area contributed by atoms with Crippen molar-refractivity contribution in [3.8, 4) is 0 Å². The first-order chi connectivity index (χ1) is 7.42. The minimum Gasteiger partial charge on any atom is -0.368 e. The van der Waals surface area contributed by atoms with Crippen molar-refractivity contribution in [3.05, 3.63) is 0 Å². The van der Waals surface area contributed by atoms with E-state index in [1.807, 2.05) is 0 Å². The van der Waals surface area contributed by atoms with Crippen LogP contribution in [0.5, 0.6) is 0 Å². The van der Waals surface area contributed by atoms with Gasteiger partial charge in [-0.1, -0.05) is 31.6 Å². The van der Waals surface area contributed by atoms with Crippen molar-refractivity contribution in [3.63, 3.8) is 0 Å². The van der Waals surface area contributed by atoms with E-state index in [-0.39, 0.29) is 0 Å². The summed E-state index contributed by atoms with van der Waals surface area (Å²) in [6, 6.07) is 0. The van der Waals surface area contributed by atoms with E-state index in [0.717, 1.165) is 11.9 Å². The van der Waals surface area contributed by atoms with Crippen LogP contribution in [-0.2, 0) is 4.74 Å². The van der Waals surface area contributed by atoms with Crippen molar-refractivity contribution in [2.24, 2.45) is 0 Å². The molecule has 88 valence electrons. The molecule has 2 rings (SSSR count). The molecule has 0 N–H and O–H groups in total. The monoisotopic (exact) mass is 228 g/mol. The van der Waals surface area contributed by atoms with Crippen molar-refractivity contribution in [2.75, 3.05) is 6.61 Å². The molecule has 1 nitrogen and oxygen atoms in total. The molecule has 0 aromatic carbocycles. The molecule has 0 radical (unpaired) electrons. The molecular weight excluding hydrogens is 204 g/mol. The van der Waals surface area contributed by atoms with Gasteiger partial charge >= 0.3 is 0 Å². The Labute approximate surface area is 96.5 Å². The largest absolute Gasteiger partial charge is 0.368 e. The lowest BCUT2D eigenvalue weighted by molar-refractivity contribution is 0.172. The molecule has 1 saturated carbocycles. The Morgan fingerprint density at radius 3 is 2.53 bits per heavy atom. The Bertz CT molecular complexity index is 213. The third-order valence-electron chi connectivity index (χ3n) is 3.49. The van der Waals surface area contributed by atoms with Gasteiger partial charge in [-0.25, -0.2) is 0 Å². The van der Waals surface area contributed by atoms with Crippen LogP contribution in [0.4, 0.5) is 0 Å². The SMILES string of the molecule is CCC=S(C1CCCCC1)C1CCCO1. The third-order valence-corrected chi connectivity index (χ3v) is 6.43. The molecule has 2 unspecified atom stereocenters.